The van der Waals surface area contributed by atoms with Crippen LogP contribution >= 0.6 is 0 Å². The van der Waals surface area contributed by atoms with Crippen molar-refractivity contribution in [2.24, 2.45) is 0 Å². The predicted molar refractivity (Wildman–Crippen MR) is 67.9 cm³/mol. The molecule has 1 unspecified atom stereocenters. The van der Waals surface area contributed by atoms with Gasteiger partial charge in [0.25, 0.3) is 0 Å². The molecule has 0 saturated carbocycles. The Labute approximate surface area is 105 Å². The van der Waals surface area contributed by atoms with Gasteiger partial charge in [0, 0.05) is 0 Å². The van der Waals surface area contributed by atoms with Crippen LogP contribution < -0.4 is 0 Å². The number of carbonyl (C=O) groups is 1. The Hall–Kier alpha value is -0.570. The fraction of sp³-hybridized carbons (Fsp3) is 0.929. The SMILES string of the molecule is CCCCCCCCCCC1COCC(=O)O1. The summed E-state index contributed by atoms with van der Waals surface area (Å²) in [6.07, 6.45) is 11.5. The smallest absolute Gasteiger partial charge is 0.332 e. The molecule has 0 aromatic heterocycles. The molecule has 1 aliphatic heterocycles. The lowest BCUT2D eigenvalue weighted by atomic mass is 10.1. The normalized spacial score (nSPS) is 20.3. The Bertz CT molecular complexity index is 204. The Morgan fingerprint density at radius 2 is 1.71 bits per heavy atom. The zero-order valence-corrected chi connectivity index (χ0v) is 11.1. The Balaban J connectivity index is 1.85. The van der Waals surface area contributed by atoms with Gasteiger partial charge in [-0.15, -0.1) is 0 Å². The summed E-state index contributed by atoms with van der Waals surface area (Å²) in [6, 6.07) is 0. The van der Waals surface area contributed by atoms with Crippen LogP contribution in [0.5, 0.6) is 0 Å². The molecule has 0 aliphatic carbocycles. The van der Waals surface area contributed by atoms with E-state index in [4.69, 9.17) is 9.47 Å². The molecule has 0 spiro atoms. The average molecular weight is 242 g/mol. The van der Waals surface area contributed by atoms with Gasteiger partial charge < -0.3 is 9.47 Å². The molecule has 0 amide bonds. The Morgan fingerprint density at radius 3 is 2.35 bits per heavy atom. The summed E-state index contributed by atoms with van der Waals surface area (Å²) >= 11 is 0. The third-order valence-corrected chi connectivity index (χ3v) is 3.20. The van der Waals surface area contributed by atoms with Crippen LogP contribution in [0.15, 0.2) is 0 Å². The fourth-order valence-corrected chi connectivity index (χ4v) is 2.18. The number of hydrogen-bond donors (Lipinski definition) is 0. The number of carbonyl (C=O) groups excluding carboxylic acids is 1. The van der Waals surface area contributed by atoms with Gasteiger partial charge >= 0.3 is 5.97 Å². The molecule has 0 aromatic carbocycles. The number of hydrogen-bond acceptors (Lipinski definition) is 3. The van der Waals surface area contributed by atoms with Crippen molar-refractivity contribution in [2.45, 2.75) is 70.8 Å². The maximum absolute atomic E-state index is 11.0. The van der Waals surface area contributed by atoms with Gasteiger partial charge in [0.15, 0.2) is 0 Å². The van der Waals surface area contributed by atoms with Crippen molar-refractivity contribution < 1.29 is 14.3 Å². The first-order valence-electron chi connectivity index (χ1n) is 7.10. The molecule has 1 saturated heterocycles. The number of cyclic esters (lactones) is 1. The molecule has 1 fully saturated rings. The highest BCUT2D eigenvalue weighted by Gasteiger charge is 2.19. The van der Waals surface area contributed by atoms with Crippen molar-refractivity contribution in [3.63, 3.8) is 0 Å². The molecular formula is C14H26O3. The highest BCUT2D eigenvalue weighted by Crippen LogP contribution is 2.13. The van der Waals surface area contributed by atoms with Crippen LogP contribution in [-0.2, 0) is 14.3 Å². The molecule has 100 valence electrons. The van der Waals surface area contributed by atoms with Crippen LogP contribution in [0.4, 0.5) is 0 Å². The van der Waals surface area contributed by atoms with E-state index < -0.39 is 0 Å². The third kappa shape index (κ3) is 7.37. The second-order valence-corrected chi connectivity index (χ2v) is 4.89. The predicted octanol–water partition coefficient (Wildman–Crippen LogP) is 3.46. The summed E-state index contributed by atoms with van der Waals surface area (Å²) in [5.74, 6) is -0.208. The number of rotatable bonds is 9. The molecule has 0 aromatic rings. The molecule has 17 heavy (non-hydrogen) atoms. The summed E-state index contributed by atoms with van der Waals surface area (Å²) < 4.78 is 10.3. The summed E-state index contributed by atoms with van der Waals surface area (Å²) in [7, 11) is 0. The third-order valence-electron chi connectivity index (χ3n) is 3.20. The standard InChI is InChI=1S/C14H26O3/c1-2-3-4-5-6-7-8-9-10-13-11-16-12-14(15)17-13/h13H,2-12H2,1H3. The lowest BCUT2D eigenvalue weighted by Crippen LogP contribution is -2.32. The molecule has 3 heteroatoms. The second-order valence-electron chi connectivity index (χ2n) is 4.89. The van der Waals surface area contributed by atoms with Crippen LogP contribution in [0.2, 0.25) is 0 Å². The van der Waals surface area contributed by atoms with E-state index in [1.807, 2.05) is 0 Å². The van der Waals surface area contributed by atoms with Crippen molar-refractivity contribution in [1.29, 1.82) is 0 Å². The van der Waals surface area contributed by atoms with E-state index >= 15 is 0 Å². The van der Waals surface area contributed by atoms with Crippen LogP contribution in [0, 0.1) is 0 Å². The maximum atomic E-state index is 11.0. The van der Waals surface area contributed by atoms with Crippen molar-refractivity contribution in [1.82, 2.24) is 0 Å². The van der Waals surface area contributed by atoms with E-state index in [9.17, 15) is 4.79 Å². The van der Waals surface area contributed by atoms with Crippen LogP contribution in [0.25, 0.3) is 0 Å². The van der Waals surface area contributed by atoms with Crippen LogP contribution in [-0.4, -0.2) is 25.3 Å². The zero-order chi connectivity index (χ0) is 12.3. The van der Waals surface area contributed by atoms with Gasteiger partial charge in [-0.05, 0) is 12.8 Å². The minimum absolute atomic E-state index is 0.0105. The Morgan fingerprint density at radius 1 is 1.06 bits per heavy atom. The molecule has 3 nitrogen and oxygen atoms in total. The molecule has 0 radical (unpaired) electrons. The first-order chi connectivity index (χ1) is 8.33. The highest BCUT2D eigenvalue weighted by atomic mass is 16.6. The number of esters is 1. The van der Waals surface area contributed by atoms with Crippen molar-refractivity contribution in [2.75, 3.05) is 13.2 Å². The van der Waals surface area contributed by atoms with Gasteiger partial charge in [-0.25, -0.2) is 4.79 Å². The van der Waals surface area contributed by atoms with E-state index in [1.54, 1.807) is 0 Å². The molecule has 1 aliphatic rings. The van der Waals surface area contributed by atoms with Crippen molar-refractivity contribution in [3.05, 3.63) is 0 Å². The quantitative estimate of drug-likeness (QED) is 0.459. The van der Waals surface area contributed by atoms with E-state index in [-0.39, 0.29) is 18.7 Å². The summed E-state index contributed by atoms with van der Waals surface area (Å²) in [4.78, 5) is 11.0. The van der Waals surface area contributed by atoms with Gasteiger partial charge in [-0.1, -0.05) is 51.9 Å². The second kappa shape index (κ2) is 9.46. The van der Waals surface area contributed by atoms with E-state index in [1.165, 1.54) is 44.9 Å². The number of unbranched alkanes of at least 4 members (excludes halogenated alkanes) is 7. The molecule has 1 rings (SSSR count). The summed E-state index contributed by atoms with van der Waals surface area (Å²) in [5.41, 5.74) is 0. The van der Waals surface area contributed by atoms with E-state index in [0.717, 1.165) is 12.8 Å². The first-order valence-corrected chi connectivity index (χ1v) is 7.10. The highest BCUT2D eigenvalue weighted by molar-refractivity contribution is 5.71. The molecule has 1 atom stereocenters. The minimum Gasteiger partial charge on any atom is -0.458 e. The average Bonchev–Trinajstić information content (AvgIpc) is 2.33. The van der Waals surface area contributed by atoms with Gasteiger partial charge in [0.1, 0.15) is 12.7 Å². The maximum Gasteiger partial charge on any atom is 0.332 e. The molecule has 0 N–H and O–H groups in total. The van der Waals surface area contributed by atoms with E-state index in [0.29, 0.717) is 6.61 Å². The van der Waals surface area contributed by atoms with Gasteiger partial charge in [-0.3, -0.25) is 0 Å². The molecule has 0 bridgehead atoms. The Kier molecular flexibility index (Phi) is 8.06. The first kappa shape index (κ1) is 14.5. The van der Waals surface area contributed by atoms with E-state index in [2.05, 4.69) is 6.92 Å². The monoisotopic (exact) mass is 242 g/mol. The van der Waals surface area contributed by atoms with Crippen molar-refractivity contribution in [3.8, 4) is 0 Å². The summed E-state index contributed by atoms with van der Waals surface area (Å²) in [6.45, 7) is 2.96. The minimum atomic E-state index is -0.208. The van der Waals surface area contributed by atoms with Gasteiger partial charge in [0.05, 0.1) is 6.61 Å². The van der Waals surface area contributed by atoms with Crippen LogP contribution in [0.1, 0.15) is 64.7 Å². The van der Waals surface area contributed by atoms with Crippen molar-refractivity contribution >= 4 is 5.97 Å². The fourth-order valence-electron chi connectivity index (χ4n) is 2.18. The lowest BCUT2D eigenvalue weighted by molar-refractivity contribution is -0.170. The van der Waals surface area contributed by atoms with Gasteiger partial charge in [-0.2, -0.15) is 0 Å². The largest absolute Gasteiger partial charge is 0.458 e. The molecular weight excluding hydrogens is 216 g/mol. The zero-order valence-electron chi connectivity index (χ0n) is 11.1. The summed E-state index contributed by atoms with van der Waals surface area (Å²) in [5, 5.41) is 0. The van der Waals surface area contributed by atoms with Gasteiger partial charge in [0.2, 0.25) is 0 Å². The molecule has 1 heterocycles. The topological polar surface area (TPSA) is 35.5 Å². The lowest BCUT2D eigenvalue weighted by Gasteiger charge is -2.22. The van der Waals surface area contributed by atoms with Crippen LogP contribution in [0.3, 0.4) is 0 Å². The number of ether oxygens (including phenoxy) is 2.